The van der Waals surface area contributed by atoms with Crippen LogP contribution in [0.15, 0.2) is 11.8 Å². The molecule has 2 heteroatoms. The monoisotopic (exact) mass is 268 g/mol. The molecule has 0 aromatic carbocycles. The molecule has 18 heavy (non-hydrogen) atoms. The molecule has 1 fully saturated rings. The molecule has 0 aliphatic carbocycles. The summed E-state index contributed by atoms with van der Waals surface area (Å²) in [5, 5.41) is 0. The van der Waals surface area contributed by atoms with Crippen LogP contribution in [0.1, 0.15) is 58.3 Å². The first-order chi connectivity index (χ1) is 8.53. The van der Waals surface area contributed by atoms with Crippen molar-refractivity contribution < 1.29 is 4.74 Å². The van der Waals surface area contributed by atoms with Crippen LogP contribution in [-0.4, -0.2) is 20.3 Å². The van der Waals surface area contributed by atoms with Crippen LogP contribution in [0.5, 0.6) is 0 Å². The molecule has 1 heterocycles. The van der Waals surface area contributed by atoms with Gasteiger partial charge < -0.3 is 4.74 Å². The first-order valence-corrected chi connectivity index (χ1v) is 11.5. The van der Waals surface area contributed by atoms with E-state index in [1.807, 2.05) is 0 Å². The molecule has 1 aliphatic rings. The van der Waals surface area contributed by atoms with Gasteiger partial charge in [0.05, 0.1) is 14.2 Å². The average Bonchev–Trinajstić information content (AvgIpc) is 3.03. The largest absolute Gasteiger partial charge is 0.365 e. The molecule has 0 aromatic rings. The van der Waals surface area contributed by atoms with Crippen LogP contribution < -0.4 is 0 Å². The molecule has 0 bridgehead atoms. The van der Waals surface area contributed by atoms with Gasteiger partial charge in [0.15, 0.2) is 0 Å². The molecule has 1 rings (SSSR count). The maximum Gasteiger partial charge on any atom is 0.102 e. The molecule has 0 N–H and O–H groups in total. The van der Waals surface area contributed by atoms with Gasteiger partial charge in [0.1, 0.15) is 6.10 Å². The second-order valence-corrected chi connectivity index (χ2v) is 11.8. The Labute approximate surface area is 115 Å². The fourth-order valence-corrected chi connectivity index (χ4v) is 3.01. The topological polar surface area (TPSA) is 12.5 Å². The summed E-state index contributed by atoms with van der Waals surface area (Å²) in [5.74, 6) is 0. The summed E-state index contributed by atoms with van der Waals surface area (Å²) in [4.78, 5) is 0. The van der Waals surface area contributed by atoms with E-state index >= 15 is 0 Å². The number of ether oxygens (including phenoxy) is 1. The van der Waals surface area contributed by atoms with Gasteiger partial charge in [0.2, 0.25) is 0 Å². The number of rotatable bonds is 10. The predicted molar refractivity (Wildman–Crippen MR) is 83.8 cm³/mol. The molecule has 0 amide bonds. The molecule has 2 atom stereocenters. The third-order valence-electron chi connectivity index (χ3n) is 3.50. The fraction of sp³-hybridized carbons (Fsp3) is 0.875. The van der Waals surface area contributed by atoms with Crippen molar-refractivity contribution in [3.63, 3.8) is 0 Å². The van der Waals surface area contributed by atoms with Crippen LogP contribution in [0, 0.1) is 0 Å². The van der Waals surface area contributed by atoms with Gasteiger partial charge in [-0.05, 0) is 6.42 Å². The Balaban J connectivity index is 1.92. The van der Waals surface area contributed by atoms with Crippen molar-refractivity contribution in [2.45, 2.75) is 90.1 Å². The Kier molecular flexibility index (Phi) is 7.24. The quantitative estimate of drug-likeness (QED) is 0.296. The van der Waals surface area contributed by atoms with Crippen molar-refractivity contribution in [3.05, 3.63) is 11.8 Å². The highest BCUT2D eigenvalue weighted by molar-refractivity contribution is 6.80. The number of hydrogen-bond acceptors (Lipinski definition) is 1. The van der Waals surface area contributed by atoms with Gasteiger partial charge in [-0.3, -0.25) is 0 Å². The molecule has 0 radical (unpaired) electrons. The summed E-state index contributed by atoms with van der Waals surface area (Å²) < 4.78 is 5.69. The van der Waals surface area contributed by atoms with E-state index in [0.717, 1.165) is 0 Å². The molecule has 0 saturated carbocycles. The van der Waals surface area contributed by atoms with E-state index in [-0.39, 0.29) is 0 Å². The Morgan fingerprint density at radius 1 is 0.944 bits per heavy atom. The van der Waals surface area contributed by atoms with Gasteiger partial charge in [-0.15, -0.1) is 0 Å². The normalized spacial score (nSPS) is 23.8. The number of hydrogen-bond donors (Lipinski definition) is 0. The van der Waals surface area contributed by atoms with Gasteiger partial charge in [-0.1, -0.05) is 83.3 Å². The third kappa shape index (κ3) is 8.10. The SMILES string of the molecule is CCCCCCCCC[C@@H]1O[C@@H]1/C=C/[Si](C)(C)C. The first-order valence-electron chi connectivity index (χ1n) is 7.88. The molecule has 0 spiro atoms. The van der Waals surface area contributed by atoms with Crippen LogP contribution in [0.2, 0.25) is 19.6 Å². The zero-order valence-electron chi connectivity index (χ0n) is 12.9. The van der Waals surface area contributed by atoms with E-state index in [2.05, 4.69) is 38.3 Å². The summed E-state index contributed by atoms with van der Waals surface area (Å²) >= 11 is 0. The average molecular weight is 269 g/mol. The molecule has 106 valence electrons. The lowest BCUT2D eigenvalue weighted by Gasteiger charge is -2.07. The number of unbranched alkanes of at least 4 members (excludes halogenated alkanes) is 6. The van der Waals surface area contributed by atoms with E-state index in [4.69, 9.17) is 4.74 Å². The minimum Gasteiger partial charge on any atom is -0.365 e. The van der Waals surface area contributed by atoms with Gasteiger partial charge in [-0.25, -0.2) is 0 Å². The van der Waals surface area contributed by atoms with Crippen LogP contribution in [0.3, 0.4) is 0 Å². The molecule has 0 unspecified atom stereocenters. The highest BCUT2D eigenvalue weighted by Gasteiger charge is 2.35. The summed E-state index contributed by atoms with van der Waals surface area (Å²) in [5.41, 5.74) is 2.42. The predicted octanol–water partition coefficient (Wildman–Crippen LogP) is 5.33. The van der Waals surface area contributed by atoms with Crippen molar-refractivity contribution in [1.82, 2.24) is 0 Å². The molecule has 1 aliphatic heterocycles. The van der Waals surface area contributed by atoms with E-state index in [0.29, 0.717) is 12.2 Å². The van der Waals surface area contributed by atoms with E-state index in [9.17, 15) is 0 Å². The maximum absolute atomic E-state index is 5.69. The molecular formula is C16H32OSi. The van der Waals surface area contributed by atoms with Crippen LogP contribution >= 0.6 is 0 Å². The van der Waals surface area contributed by atoms with Crippen molar-refractivity contribution >= 4 is 8.07 Å². The van der Waals surface area contributed by atoms with Crippen molar-refractivity contribution in [3.8, 4) is 0 Å². The minimum atomic E-state index is -1.03. The molecular weight excluding hydrogens is 236 g/mol. The Morgan fingerprint density at radius 2 is 1.56 bits per heavy atom. The minimum absolute atomic E-state index is 0.455. The van der Waals surface area contributed by atoms with Gasteiger partial charge in [0.25, 0.3) is 0 Å². The molecule has 0 aromatic heterocycles. The Morgan fingerprint density at radius 3 is 2.17 bits per heavy atom. The van der Waals surface area contributed by atoms with Gasteiger partial charge in [0, 0.05) is 0 Å². The van der Waals surface area contributed by atoms with Gasteiger partial charge >= 0.3 is 0 Å². The highest BCUT2D eigenvalue weighted by Crippen LogP contribution is 2.29. The summed E-state index contributed by atoms with van der Waals surface area (Å²) in [6.07, 6.45) is 14.4. The lowest BCUT2D eigenvalue weighted by molar-refractivity contribution is 0.372. The Hall–Kier alpha value is -0.0831. The van der Waals surface area contributed by atoms with Crippen molar-refractivity contribution in [2.75, 3.05) is 0 Å². The fourth-order valence-electron chi connectivity index (χ4n) is 2.24. The summed E-state index contributed by atoms with van der Waals surface area (Å²) in [6.45, 7) is 9.39. The van der Waals surface area contributed by atoms with Crippen LogP contribution in [-0.2, 0) is 4.74 Å². The van der Waals surface area contributed by atoms with Gasteiger partial charge in [-0.2, -0.15) is 0 Å². The second kappa shape index (κ2) is 8.16. The van der Waals surface area contributed by atoms with Crippen molar-refractivity contribution in [1.29, 1.82) is 0 Å². The molecule has 1 nitrogen and oxygen atoms in total. The smallest absolute Gasteiger partial charge is 0.102 e. The lowest BCUT2D eigenvalue weighted by Crippen LogP contribution is -2.15. The lowest BCUT2D eigenvalue weighted by atomic mass is 10.1. The van der Waals surface area contributed by atoms with E-state index in [1.54, 1.807) is 0 Å². The standard InChI is InChI=1S/C16H32OSi/c1-5-6-7-8-9-10-11-12-15-16(17-15)13-14-18(2,3)4/h13-16H,5-12H2,1-4H3/b14-13+/t15-,16+/m0/s1. The van der Waals surface area contributed by atoms with Crippen LogP contribution in [0.4, 0.5) is 0 Å². The third-order valence-corrected chi connectivity index (χ3v) is 4.69. The highest BCUT2D eigenvalue weighted by atomic mass is 28.3. The summed E-state index contributed by atoms with van der Waals surface area (Å²) in [7, 11) is -1.03. The summed E-state index contributed by atoms with van der Waals surface area (Å²) in [6, 6.07) is 0. The zero-order chi connectivity index (χ0) is 13.4. The van der Waals surface area contributed by atoms with E-state index in [1.165, 1.54) is 51.4 Å². The first kappa shape index (κ1) is 16.0. The second-order valence-electron chi connectivity index (χ2n) is 6.77. The van der Waals surface area contributed by atoms with E-state index < -0.39 is 8.07 Å². The van der Waals surface area contributed by atoms with Crippen LogP contribution in [0.25, 0.3) is 0 Å². The number of epoxide rings is 1. The Bertz CT molecular complexity index is 242. The van der Waals surface area contributed by atoms with Crippen molar-refractivity contribution in [2.24, 2.45) is 0 Å². The zero-order valence-corrected chi connectivity index (χ0v) is 13.9. The molecule has 1 saturated heterocycles. The maximum atomic E-state index is 5.69.